The van der Waals surface area contributed by atoms with E-state index >= 15 is 0 Å². The third kappa shape index (κ3) is 9.61. The molecule has 0 radical (unpaired) electrons. The van der Waals surface area contributed by atoms with Crippen LogP contribution in [-0.4, -0.2) is 72.5 Å². The van der Waals surface area contributed by atoms with Crippen molar-refractivity contribution in [3.63, 3.8) is 0 Å². The minimum atomic E-state index is -1.60. The number of nitrogens with one attached hydrogen (secondary N) is 1. The lowest BCUT2D eigenvalue weighted by Crippen LogP contribution is -2.32. The van der Waals surface area contributed by atoms with E-state index in [0.29, 0.717) is 27.8 Å². The number of carbonyl (C=O) groups excluding carboxylic acids is 4. The van der Waals surface area contributed by atoms with Gasteiger partial charge in [-0.05, 0) is 89.8 Å². The van der Waals surface area contributed by atoms with E-state index in [1.807, 2.05) is 12.1 Å². The molecule has 0 saturated heterocycles. The second-order valence-corrected chi connectivity index (χ2v) is 15.4. The van der Waals surface area contributed by atoms with Crippen LogP contribution in [0.1, 0.15) is 131 Å². The van der Waals surface area contributed by atoms with E-state index in [1.165, 1.54) is 55.4 Å². The van der Waals surface area contributed by atoms with Gasteiger partial charge in [-0.1, -0.05) is 84.9 Å². The SMILES string of the molecule is CC(C)(O)C(=O)c1ccc(C(CNC(c2ccc(C(=O)C(C)(C)O)cc2)c2cccc(C(=O)C(C)(C)O)c2)c2cccc(C(=O)C(C)(C)O)c2)cc1. The Morgan fingerprint density at radius 2 is 0.808 bits per heavy atom. The Balaban J connectivity index is 1.83. The molecule has 52 heavy (non-hydrogen) atoms. The van der Waals surface area contributed by atoms with Crippen LogP contribution in [0.25, 0.3) is 0 Å². The van der Waals surface area contributed by atoms with Crippen LogP contribution in [0, 0.1) is 0 Å². The molecule has 2 atom stereocenters. The van der Waals surface area contributed by atoms with Gasteiger partial charge >= 0.3 is 0 Å². The summed E-state index contributed by atoms with van der Waals surface area (Å²) in [6, 6.07) is 27.1. The fourth-order valence-electron chi connectivity index (χ4n) is 5.95. The molecule has 0 saturated carbocycles. The molecule has 4 aromatic carbocycles. The summed E-state index contributed by atoms with van der Waals surface area (Å²) in [5.74, 6) is -2.17. The van der Waals surface area contributed by atoms with Gasteiger partial charge in [-0.25, -0.2) is 0 Å². The molecular formula is C43H49NO8. The standard InChI is InChI=1S/C43H49NO8/c1-40(2,49)36(45)28-19-15-26(16-20-28)34(30-11-9-13-32(23-30)38(47)42(5,6)51)25-44-35(27-17-21-29(22-18-27)37(46)41(3,4)50)31-12-10-14-33(24-31)39(48)43(7,8)52/h9-24,34-35,44,49-52H,25H2,1-8H3. The van der Waals surface area contributed by atoms with Crippen molar-refractivity contribution in [2.45, 2.75) is 89.8 Å². The van der Waals surface area contributed by atoms with Gasteiger partial charge in [0.1, 0.15) is 22.4 Å². The highest BCUT2D eigenvalue weighted by Gasteiger charge is 2.30. The number of ketones is 4. The fourth-order valence-corrected chi connectivity index (χ4v) is 5.95. The normalized spacial score (nSPS) is 13.7. The van der Waals surface area contributed by atoms with Gasteiger partial charge in [0.05, 0.1) is 6.04 Å². The molecule has 9 heteroatoms. The van der Waals surface area contributed by atoms with Crippen LogP contribution in [0.3, 0.4) is 0 Å². The van der Waals surface area contributed by atoms with Crippen molar-refractivity contribution in [1.29, 1.82) is 0 Å². The molecule has 0 amide bonds. The number of Topliss-reactive ketones (excluding diaryl/α,β-unsaturated/α-hetero) is 4. The summed E-state index contributed by atoms with van der Waals surface area (Å²) in [4.78, 5) is 51.9. The largest absolute Gasteiger partial charge is 0.382 e. The molecule has 0 spiro atoms. The van der Waals surface area contributed by atoms with E-state index in [4.69, 9.17) is 0 Å². The van der Waals surface area contributed by atoms with Gasteiger partial charge in [-0.2, -0.15) is 0 Å². The molecule has 9 nitrogen and oxygen atoms in total. The first-order chi connectivity index (χ1) is 24.0. The summed E-state index contributed by atoms with van der Waals surface area (Å²) >= 11 is 0. The van der Waals surface area contributed by atoms with Crippen LogP contribution in [0.4, 0.5) is 0 Å². The lowest BCUT2D eigenvalue weighted by Gasteiger charge is -2.26. The first-order valence-corrected chi connectivity index (χ1v) is 17.2. The van der Waals surface area contributed by atoms with Gasteiger partial charge in [0.25, 0.3) is 0 Å². The summed E-state index contributed by atoms with van der Waals surface area (Å²) in [6.07, 6.45) is 0. The molecule has 4 rings (SSSR count). The molecule has 0 aliphatic heterocycles. The summed E-state index contributed by atoms with van der Waals surface area (Å²) in [5.41, 5.74) is -2.03. The molecule has 2 unspecified atom stereocenters. The Morgan fingerprint density at radius 1 is 0.462 bits per heavy atom. The molecule has 0 aliphatic rings. The average molecular weight is 708 g/mol. The van der Waals surface area contributed by atoms with Gasteiger partial charge < -0.3 is 25.7 Å². The number of hydrogen-bond acceptors (Lipinski definition) is 9. The third-order valence-corrected chi connectivity index (χ3v) is 8.86. The predicted molar refractivity (Wildman–Crippen MR) is 200 cm³/mol. The quantitative estimate of drug-likeness (QED) is 0.0932. The van der Waals surface area contributed by atoms with Gasteiger partial charge in [-0.3, -0.25) is 19.2 Å². The molecule has 274 valence electrons. The van der Waals surface area contributed by atoms with Crippen LogP contribution in [-0.2, 0) is 0 Å². The van der Waals surface area contributed by atoms with Crippen LogP contribution in [0.5, 0.6) is 0 Å². The lowest BCUT2D eigenvalue weighted by molar-refractivity contribution is 0.0487. The molecule has 5 N–H and O–H groups in total. The van der Waals surface area contributed by atoms with E-state index in [-0.39, 0.29) is 6.54 Å². The Morgan fingerprint density at radius 3 is 1.21 bits per heavy atom. The second kappa shape index (κ2) is 15.1. The first kappa shape index (κ1) is 40.1. The van der Waals surface area contributed by atoms with Gasteiger partial charge in [0.2, 0.25) is 0 Å². The number of carbonyl (C=O) groups is 4. The first-order valence-electron chi connectivity index (χ1n) is 17.2. The maximum Gasteiger partial charge on any atom is 0.193 e. The van der Waals surface area contributed by atoms with E-state index < -0.39 is 57.5 Å². The van der Waals surface area contributed by atoms with E-state index in [0.717, 1.165) is 16.7 Å². The van der Waals surface area contributed by atoms with Crippen molar-refractivity contribution in [3.05, 3.63) is 142 Å². The zero-order valence-corrected chi connectivity index (χ0v) is 31.0. The van der Waals surface area contributed by atoms with Crippen LogP contribution < -0.4 is 5.32 Å². The summed E-state index contributed by atoms with van der Waals surface area (Å²) < 4.78 is 0. The summed E-state index contributed by atoms with van der Waals surface area (Å²) in [6.45, 7) is 11.7. The highest BCUT2D eigenvalue weighted by atomic mass is 16.3. The third-order valence-electron chi connectivity index (χ3n) is 8.86. The molecule has 0 heterocycles. The zero-order valence-electron chi connectivity index (χ0n) is 31.0. The highest BCUT2D eigenvalue weighted by molar-refractivity contribution is 6.03. The topological polar surface area (TPSA) is 161 Å². The van der Waals surface area contributed by atoms with Crippen molar-refractivity contribution < 1.29 is 39.6 Å². The lowest BCUT2D eigenvalue weighted by atomic mass is 9.86. The smallest absolute Gasteiger partial charge is 0.193 e. The Labute approximate surface area is 305 Å². The minimum Gasteiger partial charge on any atom is -0.382 e. The van der Waals surface area contributed by atoms with Crippen molar-refractivity contribution in [3.8, 4) is 0 Å². The number of aliphatic hydroxyl groups is 4. The van der Waals surface area contributed by atoms with Gasteiger partial charge in [-0.15, -0.1) is 0 Å². The van der Waals surface area contributed by atoms with E-state index in [9.17, 15) is 39.6 Å². The van der Waals surface area contributed by atoms with E-state index in [1.54, 1.807) is 84.9 Å². The predicted octanol–water partition coefficient (Wildman–Crippen LogP) is 6.01. The molecule has 0 aromatic heterocycles. The molecule has 0 fully saturated rings. The average Bonchev–Trinajstić information content (AvgIpc) is 3.07. The van der Waals surface area contributed by atoms with E-state index in [2.05, 4.69) is 5.32 Å². The fraction of sp³-hybridized carbons (Fsp3) is 0.349. The van der Waals surface area contributed by atoms with Gasteiger partial charge in [0, 0.05) is 34.7 Å². The highest BCUT2D eigenvalue weighted by Crippen LogP contribution is 2.31. The van der Waals surface area contributed by atoms with Crippen molar-refractivity contribution in [2.75, 3.05) is 6.54 Å². The molecule has 0 bridgehead atoms. The summed E-state index contributed by atoms with van der Waals surface area (Å²) in [5, 5.41) is 45.2. The Hall–Kier alpha value is -4.64. The Bertz CT molecular complexity index is 1790. The molecule has 0 aliphatic carbocycles. The van der Waals surface area contributed by atoms with Crippen LogP contribution in [0.2, 0.25) is 0 Å². The van der Waals surface area contributed by atoms with Crippen molar-refractivity contribution >= 4 is 23.1 Å². The zero-order chi connectivity index (χ0) is 38.8. The van der Waals surface area contributed by atoms with Crippen LogP contribution in [0.15, 0.2) is 97.1 Å². The van der Waals surface area contributed by atoms with Gasteiger partial charge in [0.15, 0.2) is 23.1 Å². The van der Waals surface area contributed by atoms with Crippen molar-refractivity contribution in [1.82, 2.24) is 5.32 Å². The number of rotatable bonds is 15. The maximum atomic E-state index is 13.1. The summed E-state index contributed by atoms with van der Waals surface area (Å²) in [7, 11) is 0. The number of hydrogen-bond donors (Lipinski definition) is 5. The maximum absolute atomic E-state index is 13.1. The monoisotopic (exact) mass is 707 g/mol. The second-order valence-electron chi connectivity index (χ2n) is 15.4. The molecule has 4 aromatic rings. The number of benzene rings is 4. The molecular weight excluding hydrogens is 658 g/mol. The van der Waals surface area contributed by atoms with Crippen molar-refractivity contribution in [2.24, 2.45) is 0 Å². The minimum absolute atomic E-state index is 0.275. The Kier molecular flexibility index (Phi) is 11.7. The van der Waals surface area contributed by atoms with Crippen LogP contribution >= 0.6 is 0 Å².